The van der Waals surface area contributed by atoms with E-state index in [2.05, 4.69) is 10.1 Å². The highest BCUT2D eigenvalue weighted by Gasteiger charge is 2.34. The van der Waals surface area contributed by atoms with Gasteiger partial charge in [-0.3, -0.25) is 14.4 Å². The van der Waals surface area contributed by atoms with Crippen molar-refractivity contribution in [3.63, 3.8) is 0 Å². The van der Waals surface area contributed by atoms with E-state index in [0.717, 1.165) is 5.56 Å². The summed E-state index contributed by atoms with van der Waals surface area (Å²) in [6.45, 7) is 5.11. The van der Waals surface area contributed by atoms with Gasteiger partial charge >= 0.3 is 17.9 Å². The fraction of sp³-hybridized carbons (Fsp3) is 0.524. The zero-order valence-electron chi connectivity index (χ0n) is 17.5. The maximum absolute atomic E-state index is 12.9. The van der Waals surface area contributed by atoms with E-state index in [1.54, 1.807) is 45.0 Å². The normalized spacial score (nSPS) is 13.0. The number of carbonyl (C=O) groups is 4. The Morgan fingerprint density at radius 2 is 1.59 bits per heavy atom. The summed E-state index contributed by atoms with van der Waals surface area (Å²) >= 11 is 0. The third kappa shape index (κ3) is 8.76. The van der Waals surface area contributed by atoms with Gasteiger partial charge in [-0.15, -0.1) is 0 Å². The van der Waals surface area contributed by atoms with Crippen LogP contribution in [-0.2, 0) is 39.8 Å². The van der Waals surface area contributed by atoms with Gasteiger partial charge in [0.05, 0.1) is 14.2 Å². The van der Waals surface area contributed by atoms with Gasteiger partial charge in [-0.2, -0.15) is 0 Å². The highest BCUT2D eigenvalue weighted by molar-refractivity contribution is 5.99. The molecule has 0 aliphatic carbocycles. The molecule has 1 aromatic rings. The lowest BCUT2D eigenvalue weighted by Crippen LogP contribution is -2.47. The van der Waals surface area contributed by atoms with E-state index in [4.69, 9.17) is 9.47 Å². The number of methoxy groups -OCH3 is 2. The molecule has 8 heteroatoms. The summed E-state index contributed by atoms with van der Waals surface area (Å²) < 4.78 is 14.6. The first-order valence-electron chi connectivity index (χ1n) is 9.29. The zero-order valence-corrected chi connectivity index (χ0v) is 17.5. The summed E-state index contributed by atoms with van der Waals surface area (Å²) in [6.07, 6.45) is -0.00369. The topological polar surface area (TPSA) is 108 Å². The molecule has 0 bridgehead atoms. The number of hydrogen-bond acceptors (Lipinski definition) is 7. The van der Waals surface area contributed by atoms with Crippen molar-refractivity contribution < 1.29 is 33.4 Å². The molecule has 0 unspecified atom stereocenters. The van der Waals surface area contributed by atoms with Gasteiger partial charge in [-0.25, -0.2) is 4.79 Å². The fourth-order valence-corrected chi connectivity index (χ4v) is 2.53. The summed E-state index contributed by atoms with van der Waals surface area (Å²) in [5.41, 5.74) is -0.0125. The Bertz CT molecular complexity index is 709. The molecule has 8 nitrogen and oxygen atoms in total. The number of benzene rings is 1. The molecule has 0 heterocycles. The zero-order chi connectivity index (χ0) is 22.0. The van der Waals surface area contributed by atoms with E-state index >= 15 is 0 Å². The van der Waals surface area contributed by atoms with Gasteiger partial charge < -0.3 is 19.5 Å². The van der Waals surface area contributed by atoms with Gasteiger partial charge in [-0.05, 0) is 39.2 Å². The second kappa shape index (κ2) is 11.2. The summed E-state index contributed by atoms with van der Waals surface area (Å²) in [4.78, 5) is 49.0. The van der Waals surface area contributed by atoms with Crippen molar-refractivity contribution in [2.45, 2.75) is 51.7 Å². The van der Waals surface area contributed by atoms with Crippen LogP contribution in [0.15, 0.2) is 30.3 Å². The minimum absolute atomic E-state index is 0.0164. The molecular formula is C21H29NO7. The summed E-state index contributed by atoms with van der Waals surface area (Å²) in [5.74, 6) is -3.79. The lowest BCUT2D eigenvalue weighted by Gasteiger charge is -2.25. The number of esters is 3. The van der Waals surface area contributed by atoms with Crippen molar-refractivity contribution in [2.75, 3.05) is 14.2 Å². The molecule has 0 spiro atoms. The van der Waals surface area contributed by atoms with Crippen LogP contribution >= 0.6 is 0 Å². The monoisotopic (exact) mass is 407 g/mol. The summed E-state index contributed by atoms with van der Waals surface area (Å²) in [5, 5.41) is 2.51. The van der Waals surface area contributed by atoms with E-state index in [-0.39, 0.29) is 19.3 Å². The molecule has 0 aliphatic rings. The van der Waals surface area contributed by atoms with Gasteiger partial charge in [0, 0.05) is 6.42 Å². The van der Waals surface area contributed by atoms with Crippen LogP contribution in [0.3, 0.4) is 0 Å². The minimum atomic E-state index is -1.16. The average Bonchev–Trinajstić information content (AvgIpc) is 2.67. The number of hydrogen-bond donors (Lipinski definition) is 1. The van der Waals surface area contributed by atoms with Crippen LogP contribution in [0.1, 0.15) is 39.2 Å². The van der Waals surface area contributed by atoms with Crippen molar-refractivity contribution >= 4 is 23.8 Å². The Hall–Kier alpha value is -2.90. The first-order chi connectivity index (χ1) is 13.6. The lowest BCUT2D eigenvalue weighted by molar-refractivity contribution is -0.163. The van der Waals surface area contributed by atoms with Crippen LogP contribution in [0, 0.1) is 5.92 Å². The Kier molecular flexibility index (Phi) is 9.31. The molecule has 0 fully saturated rings. The Morgan fingerprint density at radius 1 is 0.966 bits per heavy atom. The van der Waals surface area contributed by atoms with Crippen molar-refractivity contribution in [2.24, 2.45) is 5.92 Å². The smallest absolute Gasteiger partial charge is 0.328 e. The van der Waals surface area contributed by atoms with Crippen molar-refractivity contribution in [3.05, 3.63) is 35.9 Å². The molecule has 1 aromatic carbocycles. The Morgan fingerprint density at radius 3 is 2.10 bits per heavy atom. The number of amides is 1. The third-order valence-corrected chi connectivity index (χ3v) is 3.96. The fourth-order valence-electron chi connectivity index (χ4n) is 2.53. The lowest BCUT2D eigenvalue weighted by atomic mass is 9.97. The summed E-state index contributed by atoms with van der Waals surface area (Å²) in [7, 11) is 2.40. The number of nitrogens with one attached hydrogen (secondary N) is 1. The molecule has 1 rings (SSSR count). The SMILES string of the molecule is COC(=O)CC[C@H](NC(=O)[C@H](Cc1ccccc1)C(=O)OC(C)(C)C)C(=O)OC. The first kappa shape index (κ1) is 24.1. The first-order valence-corrected chi connectivity index (χ1v) is 9.29. The maximum atomic E-state index is 12.9. The van der Waals surface area contributed by atoms with E-state index in [1.807, 2.05) is 6.07 Å². The predicted octanol–water partition coefficient (Wildman–Crippen LogP) is 1.80. The molecule has 2 atom stereocenters. The predicted molar refractivity (Wildman–Crippen MR) is 105 cm³/mol. The van der Waals surface area contributed by atoms with E-state index in [0.29, 0.717) is 0 Å². The van der Waals surface area contributed by atoms with Gasteiger partial charge in [0.2, 0.25) is 5.91 Å². The van der Waals surface area contributed by atoms with Crippen LogP contribution in [0.4, 0.5) is 0 Å². The van der Waals surface area contributed by atoms with Crippen LogP contribution in [0.5, 0.6) is 0 Å². The number of rotatable bonds is 9. The van der Waals surface area contributed by atoms with Crippen molar-refractivity contribution in [1.82, 2.24) is 5.32 Å². The molecule has 1 amide bonds. The minimum Gasteiger partial charge on any atom is -0.469 e. The van der Waals surface area contributed by atoms with Gasteiger partial charge in [0.1, 0.15) is 17.6 Å². The van der Waals surface area contributed by atoms with Gasteiger partial charge in [-0.1, -0.05) is 30.3 Å². The van der Waals surface area contributed by atoms with Gasteiger partial charge in [0.25, 0.3) is 0 Å². The second-order valence-electron chi connectivity index (χ2n) is 7.47. The summed E-state index contributed by atoms with van der Waals surface area (Å²) in [6, 6.07) is 7.92. The Labute approximate surface area is 170 Å². The Balaban J connectivity index is 3.01. The van der Waals surface area contributed by atoms with Crippen molar-refractivity contribution in [3.8, 4) is 0 Å². The van der Waals surface area contributed by atoms with E-state index < -0.39 is 41.4 Å². The molecule has 0 saturated heterocycles. The van der Waals surface area contributed by atoms with Crippen molar-refractivity contribution in [1.29, 1.82) is 0 Å². The molecule has 160 valence electrons. The second-order valence-corrected chi connectivity index (χ2v) is 7.47. The highest BCUT2D eigenvalue weighted by Crippen LogP contribution is 2.17. The standard InChI is InChI=1S/C21H29NO7/c1-21(2,3)29-19(25)15(13-14-9-7-6-8-10-14)18(24)22-16(20(26)28-5)11-12-17(23)27-4/h6-10,15-16H,11-13H2,1-5H3,(H,22,24)/t15-,16-/m0/s1. The van der Waals surface area contributed by atoms with Crippen LogP contribution in [0.2, 0.25) is 0 Å². The average molecular weight is 407 g/mol. The molecular weight excluding hydrogens is 378 g/mol. The quantitative estimate of drug-likeness (QED) is 0.378. The third-order valence-electron chi connectivity index (χ3n) is 3.96. The van der Waals surface area contributed by atoms with Crippen LogP contribution in [0.25, 0.3) is 0 Å². The molecule has 0 aromatic heterocycles. The van der Waals surface area contributed by atoms with E-state index in [1.165, 1.54) is 14.2 Å². The molecule has 0 radical (unpaired) electrons. The van der Waals surface area contributed by atoms with Gasteiger partial charge in [0.15, 0.2) is 0 Å². The van der Waals surface area contributed by atoms with Crippen LogP contribution in [-0.4, -0.2) is 49.7 Å². The maximum Gasteiger partial charge on any atom is 0.328 e. The van der Waals surface area contributed by atoms with Crippen LogP contribution < -0.4 is 5.32 Å². The highest BCUT2D eigenvalue weighted by atomic mass is 16.6. The van der Waals surface area contributed by atoms with E-state index in [9.17, 15) is 19.2 Å². The molecule has 0 saturated carbocycles. The number of ether oxygens (including phenoxy) is 3. The largest absolute Gasteiger partial charge is 0.469 e. The number of carbonyl (C=O) groups excluding carboxylic acids is 4. The molecule has 29 heavy (non-hydrogen) atoms. The molecule has 1 N–H and O–H groups in total. The molecule has 0 aliphatic heterocycles.